The number of anilines is 1. The van der Waals surface area contributed by atoms with Crippen LogP contribution in [-0.4, -0.2) is 17.6 Å². The Kier molecular flexibility index (Phi) is 4.12. The van der Waals surface area contributed by atoms with Gasteiger partial charge in [0.2, 0.25) is 0 Å². The maximum Gasteiger partial charge on any atom is 0.328 e. The van der Waals surface area contributed by atoms with Gasteiger partial charge < -0.3 is 10.4 Å². The van der Waals surface area contributed by atoms with Crippen molar-refractivity contribution in [1.29, 1.82) is 0 Å². The molecule has 80 valence electrons. The number of hydrogen-bond donors (Lipinski definition) is 2. The number of hydrogen-bond acceptors (Lipinski definition) is 2. The molecular weight excluding hydrogens is 221 g/mol. The Bertz CT molecular complexity index is 393. The molecule has 0 aliphatic heterocycles. The molecule has 3 nitrogen and oxygen atoms in total. The van der Waals surface area contributed by atoms with Crippen LogP contribution in [0.25, 0.3) is 0 Å². The molecule has 5 heteroatoms. The van der Waals surface area contributed by atoms with E-state index in [9.17, 15) is 9.18 Å². The smallest absolute Gasteiger partial charge is 0.328 e. The summed E-state index contributed by atoms with van der Waals surface area (Å²) in [6.45, 7) is 0.317. The summed E-state index contributed by atoms with van der Waals surface area (Å²) < 4.78 is 12.6. The fourth-order valence-corrected chi connectivity index (χ4v) is 1.20. The number of aliphatic carboxylic acids is 1. The molecule has 0 aromatic heterocycles. The monoisotopic (exact) mass is 229 g/mol. The molecule has 2 N–H and O–H groups in total. The topological polar surface area (TPSA) is 49.3 Å². The van der Waals surface area contributed by atoms with Gasteiger partial charge in [-0.1, -0.05) is 17.7 Å². The van der Waals surface area contributed by atoms with Gasteiger partial charge in [0.25, 0.3) is 0 Å². The first-order valence-electron chi connectivity index (χ1n) is 4.18. The van der Waals surface area contributed by atoms with Gasteiger partial charge in [0.1, 0.15) is 5.82 Å². The van der Waals surface area contributed by atoms with Crippen LogP contribution in [0.4, 0.5) is 10.1 Å². The average molecular weight is 230 g/mol. The van der Waals surface area contributed by atoms with Crippen LogP contribution in [-0.2, 0) is 4.79 Å². The van der Waals surface area contributed by atoms with Gasteiger partial charge in [-0.3, -0.25) is 0 Å². The molecule has 0 amide bonds. The van der Waals surface area contributed by atoms with E-state index in [0.717, 1.165) is 6.08 Å². The van der Waals surface area contributed by atoms with E-state index in [1.165, 1.54) is 24.3 Å². The highest BCUT2D eigenvalue weighted by Gasteiger charge is 1.99. The van der Waals surface area contributed by atoms with Gasteiger partial charge in [-0.2, -0.15) is 0 Å². The Balaban J connectivity index is 2.54. The van der Waals surface area contributed by atoms with Crippen LogP contribution in [0.15, 0.2) is 30.4 Å². The van der Waals surface area contributed by atoms with Crippen molar-refractivity contribution in [3.8, 4) is 0 Å². The fourth-order valence-electron chi connectivity index (χ4n) is 0.961. The molecule has 0 heterocycles. The minimum absolute atomic E-state index is 0.263. The van der Waals surface area contributed by atoms with Gasteiger partial charge in [0, 0.05) is 12.6 Å². The van der Waals surface area contributed by atoms with Gasteiger partial charge in [0.15, 0.2) is 0 Å². The molecule has 0 unspecified atom stereocenters. The lowest BCUT2D eigenvalue weighted by atomic mass is 10.3. The molecular formula is C10H9ClFNO2. The summed E-state index contributed by atoms with van der Waals surface area (Å²) in [5.74, 6) is -1.42. The van der Waals surface area contributed by atoms with E-state index >= 15 is 0 Å². The van der Waals surface area contributed by atoms with Crippen LogP contribution < -0.4 is 5.32 Å². The first-order chi connectivity index (χ1) is 7.09. The van der Waals surface area contributed by atoms with Crippen molar-refractivity contribution in [2.24, 2.45) is 0 Å². The molecule has 15 heavy (non-hydrogen) atoms. The van der Waals surface area contributed by atoms with Crippen LogP contribution in [0.3, 0.4) is 0 Å². The molecule has 0 spiro atoms. The normalized spacial score (nSPS) is 10.5. The van der Waals surface area contributed by atoms with Gasteiger partial charge in [0.05, 0.1) is 10.7 Å². The van der Waals surface area contributed by atoms with E-state index in [0.29, 0.717) is 12.2 Å². The third kappa shape index (κ3) is 3.99. The molecule has 0 fully saturated rings. The number of carboxylic acid groups (broad SMARTS) is 1. The Labute approximate surface area is 91.2 Å². The zero-order valence-electron chi connectivity index (χ0n) is 7.71. The lowest BCUT2D eigenvalue weighted by Crippen LogP contribution is -2.00. The first-order valence-corrected chi connectivity index (χ1v) is 4.56. The van der Waals surface area contributed by atoms with Crippen molar-refractivity contribution in [3.63, 3.8) is 0 Å². The molecule has 0 saturated carbocycles. The maximum absolute atomic E-state index is 12.6. The third-order valence-electron chi connectivity index (χ3n) is 1.60. The molecule has 0 radical (unpaired) electrons. The van der Waals surface area contributed by atoms with Crippen molar-refractivity contribution >= 4 is 23.3 Å². The molecule has 0 saturated heterocycles. The molecule has 0 aliphatic rings. The number of nitrogens with one attached hydrogen (secondary N) is 1. The van der Waals surface area contributed by atoms with Gasteiger partial charge in [-0.25, -0.2) is 9.18 Å². The molecule has 1 aromatic rings. The van der Waals surface area contributed by atoms with Crippen LogP contribution >= 0.6 is 11.6 Å². The second kappa shape index (κ2) is 5.36. The van der Waals surface area contributed by atoms with E-state index in [4.69, 9.17) is 16.7 Å². The number of halogens is 2. The molecule has 1 aromatic carbocycles. The first kappa shape index (κ1) is 11.5. The summed E-state index contributed by atoms with van der Waals surface area (Å²) in [4.78, 5) is 10.1. The average Bonchev–Trinajstić information content (AvgIpc) is 2.14. The summed E-state index contributed by atoms with van der Waals surface area (Å²) in [5, 5.41) is 11.4. The van der Waals surface area contributed by atoms with Crippen LogP contribution in [0.1, 0.15) is 0 Å². The highest BCUT2D eigenvalue weighted by molar-refractivity contribution is 6.33. The maximum atomic E-state index is 12.6. The standard InChI is InChI=1S/C10H9ClFNO2/c11-8-6-7(12)3-4-9(8)13-5-1-2-10(14)15/h1-4,6,13H,5H2,(H,14,15)/b2-1+. The summed E-state index contributed by atoms with van der Waals surface area (Å²) in [6, 6.07) is 3.95. The van der Waals surface area contributed by atoms with Crippen molar-refractivity contribution < 1.29 is 14.3 Å². The Morgan fingerprint density at radius 3 is 2.93 bits per heavy atom. The number of benzene rings is 1. The van der Waals surface area contributed by atoms with Gasteiger partial charge >= 0.3 is 5.97 Å². The largest absolute Gasteiger partial charge is 0.478 e. The minimum Gasteiger partial charge on any atom is -0.478 e. The number of carboxylic acids is 1. The van der Waals surface area contributed by atoms with E-state index in [1.807, 2.05) is 0 Å². The lowest BCUT2D eigenvalue weighted by molar-refractivity contribution is -0.131. The van der Waals surface area contributed by atoms with Crippen molar-refractivity contribution in [2.75, 3.05) is 11.9 Å². The molecule has 0 aliphatic carbocycles. The molecule has 1 rings (SSSR count). The van der Waals surface area contributed by atoms with E-state index < -0.39 is 11.8 Å². The van der Waals surface area contributed by atoms with Gasteiger partial charge in [-0.15, -0.1) is 0 Å². The second-order valence-electron chi connectivity index (χ2n) is 2.75. The number of rotatable bonds is 4. The SMILES string of the molecule is O=C(O)/C=C/CNc1ccc(F)cc1Cl. The van der Waals surface area contributed by atoms with Crippen molar-refractivity contribution in [3.05, 3.63) is 41.2 Å². The Morgan fingerprint density at radius 1 is 1.60 bits per heavy atom. The second-order valence-corrected chi connectivity index (χ2v) is 3.15. The van der Waals surface area contributed by atoms with Crippen LogP contribution in [0.5, 0.6) is 0 Å². The molecule has 0 atom stereocenters. The predicted molar refractivity (Wildman–Crippen MR) is 56.7 cm³/mol. The van der Waals surface area contributed by atoms with Crippen molar-refractivity contribution in [2.45, 2.75) is 0 Å². The Morgan fingerprint density at radius 2 is 2.33 bits per heavy atom. The van der Waals surface area contributed by atoms with Crippen LogP contribution in [0.2, 0.25) is 5.02 Å². The van der Waals surface area contributed by atoms with E-state index in [-0.39, 0.29) is 5.02 Å². The lowest BCUT2D eigenvalue weighted by Gasteiger charge is -2.05. The van der Waals surface area contributed by atoms with E-state index in [1.54, 1.807) is 0 Å². The van der Waals surface area contributed by atoms with Gasteiger partial charge in [-0.05, 0) is 18.2 Å². The predicted octanol–water partition coefficient (Wildman–Crippen LogP) is 2.53. The quantitative estimate of drug-likeness (QED) is 0.780. The highest BCUT2D eigenvalue weighted by Crippen LogP contribution is 2.21. The summed E-state index contributed by atoms with van der Waals surface area (Å²) in [7, 11) is 0. The summed E-state index contributed by atoms with van der Waals surface area (Å²) in [6.07, 6.45) is 2.45. The zero-order valence-corrected chi connectivity index (χ0v) is 8.46. The molecule has 0 bridgehead atoms. The fraction of sp³-hybridized carbons (Fsp3) is 0.100. The minimum atomic E-state index is -1.01. The summed E-state index contributed by atoms with van der Waals surface area (Å²) >= 11 is 5.73. The zero-order chi connectivity index (χ0) is 11.3. The Hall–Kier alpha value is -1.55. The third-order valence-corrected chi connectivity index (χ3v) is 1.91. The summed E-state index contributed by atoms with van der Waals surface area (Å²) in [5.41, 5.74) is 0.563. The number of carbonyl (C=O) groups is 1. The van der Waals surface area contributed by atoms with Crippen molar-refractivity contribution in [1.82, 2.24) is 0 Å². The highest BCUT2D eigenvalue weighted by atomic mass is 35.5. The van der Waals surface area contributed by atoms with Crippen LogP contribution in [0, 0.1) is 5.82 Å². The van der Waals surface area contributed by atoms with E-state index in [2.05, 4.69) is 5.32 Å².